The van der Waals surface area contributed by atoms with Crippen LogP contribution in [0.5, 0.6) is 0 Å². The molecule has 0 aromatic carbocycles. The lowest BCUT2D eigenvalue weighted by molar-refractivity contribution is 0.110. The first-order valence-corrected chi connectivity index (χ1v) is 6.47. The minimum Gasteiger partial charge on any atom is -0.384 e. The molecule has 4 heteroatoms. The van der Waals surface area contributed by atoms with Gasteiger partial charge in [-0.15, -0.1) is 0 Å². The van der Waals surface area contributed by atoms with Crippen LogP contribution in [0.4, 0.5) is 5.82 Å². The summed E-state index contributed by atoms with van der Waals surface area (Å²) < 4.78 is 0. The zero-order chi connectivity index (χ0) is 12.5. The fourth-order valence-corrected chi connectivity index (χ4v) is 2.67. The van der Waals surface area contributed by atoms with Gasteiger partial charge in [-0.25, -0.2) is 4.98 Å². The molecule has 0 radical (unpaired) electrons. The van der Waals surface area contributed by atoms with E-state index in [1.54, 1.807) is 6.07 Å². The number of piperidine rings is 1. The molecule has 17 heavy (non-hydrogen) atoms. The second-order valence-corrected chi connectivity index (χ2v) is 6.05. The number of pyridine rings is 1. The van der Waals surface area contributed by atoms with E-state index in [1.165, 1.54) is 12.8 Å². The second-order valence-electron chi connectivity index (χ2n) is 5.64. The summed E-state index contributed by atoms with van der Waals surface area (Å²) in [4.78, 5) is 6.73. The molecule has 2 N–H and O–H groups in total. The SMILES string of the molecule is CC1(C)CCCN(Cc2nc(N)ccc2Cl)C1. The van der Waals surface area contributed by atoms with Gasteiger partial charge in [0.1, 0.15) is 5.82 Å². The van der Waals surface area contributed by atoms with Gasteiger partial charge in [-0.3, -0.25) is 4.90 Å². The quantitative estimate of drug-likeness (QED) is 0.881. The third kappa shape index (κ3) is 3.33. The Balaban J connectivity index is 2.07. The van der Waals surface area contributed by atoms with Crippen LogP contribution >= 0.6 is 11.6 Å². The first-order valence-electron chi connectivity index (χ1n) is 6.09. The highest BCUT2D eigenvalue weighted by Crippen LogP contribution is 2.29. The van der Waals surface area contributed by atoms with Crippen LogP contribution in [0.15, 0.2) is 12.1 Å². The fourth-order valence-electron chi connectivity index (χ4n) is 2.50. The van der Waals surface area contributed by atoms with Gasteiger partial charge in [0, 0.05) is 13.1 Å². The van der Waals surface area contributed by atoms with Gasteiger partial charge in [0.25, 0.3) is 0 Å². The summed E-state index contributed by atoms with van der Waals surface area (Å²) in [5.74, 6) is 0.542. The Hall–Kier alpha value is -0.800. The van der Waals surface area contributed by atoms with Crippen LogP contribution in [0, 0.1) is 5.41 Å². The number of aromatic nitrogens is 1. The highest BCUT2D eigenvalue weighted by Gasteiger charge is 2.26. The maximum absolute atomic E-state index is 6.14. The van der Waals surface area contributed by atoms with Crippen LogP contribution < -0.4 is 5.73 Å². The highest BCUT2D eigenvalue weighted by molar-refractivity contribution is 6.31. The molecule has 0 amide bonds. The van der Waals surface area contributed by atoms with Crippen molar-refractivity contribution in [3.63, 3.8) is 0 Å². The molecule has 1 fully saturated rings. The van der Waals surface area contributed by atoms with Gasteiger partial charge in [-0.1, -0.05) is 25.4 Å². The van der Waals surface area contributed by atoms with Gasteiger partial charge >= 0.3 is 0 Å². The molecule has 1 saturated heterocycles. The smallest absolute Gasteiger partial charge is 0.123 e. The number of hydrogen-bond donors (Lipinski definition) is 1. The van der Waals surface area contributed by atoms with Gasteiger partial charge < -0.3 is 5.73 Å². The lowest BCUT2D eigenvalue weighted by Crippen LogP contribution is -2.39. The van der Waals surface area contributed by atoms with Gasteiger partial charge in [0.15, 0.2) is 0 Å². The van der Waals surface area contributed by atoms with Gasteiger partial charge in [0.05, 0.1) is 10.7 Å². The summed E-state index contributed by atoms with van der Waals surface area (Å²) in [7, 11) is 0. The third-order valence-electron chi connectivity index (χ3n) is 3.29. The number of anilines is 1. The van der Waals surface area contributed by atoms with E-state index in [4.69, 9.17) is 17.3 Å². The summed E-state index contributed by atoms with van der Waals surface area (Å²) in [6.45, 7) is 7.64. The van der Waals surface area contributed by atoms with Gasteiger partial charge in [0.2, 0.25) is 0 Å². The third-order valence-corrected chi connectivity index (χ3v) is 3.64. The van der Waals surface area contributed by atoms with Gasteiger partial charge in [-0.2, -0.15) is 0 Å². The van der Waals surface area contributed by atoms with Crippen molar-refractivity contribution >= 4 is 17.4 Å². The maximum Gasteiger partial charge on any atom is 0.123 e. The fraction of sp³-hybridized carbons (Fsp3) is 0.615. The normalized spacial score (nSPS) is 20.4. The lowest BCUT2D eigenvalue weighted by Gasteiger charge is -2.37. The molecule has 2 rings (SSSR count). The highest BCUT2D eigenvalue weighted by atomic mass is 35.5. The first kappa shape index (κ1) is 12.7. The first-order chi connectivity index (χ1) is 7.96. The van der Waals surface area contributed by atoms with Crippen molar-refractivity contribution in [1.82, 2.24) is 9.88 Å². The molecule has 1 aliphatic rings. The predicted octanol–water partition coefficient (Wildman–Crippen LogP) is 2.94. The van der Waals surface area contributed by atoms with Crippen molar-refractivity contribution in [1.29, 1.82) is 0 Å². The Morgan fingerprint density at radius 3 is 2.94 bits per heavy atom. The average Bonchev–Trinajstić information content (AvgIpc) is 2.22. The van der Waals surface area contributed by atoms with Crippen LogP contribution in [-0.4, -0.2) is 23.0 Å². The number of nitrogen functional groups attached to an aromatic ring is 1. The zero-order valence-corrected chi connectivity index (χ0v) is 11.3. The number of likely N-dealkylation sites (tertiary alicyclic amines) is 1. The van der Waals surface area contributed by atoms with Crippen molar-refractivity contribution in [3.8, 4) is 0 Å². The molecule has 0 aliphatic carbocycles. The van der Waals surface area contributed by atoms with E-state index in [9.17, 15) is 0 Å². The zero-order valence-electron chi connectivity index (χ0n) is 10.5. The van der Waals surface area contributed by atoms with Crippen molar-refractivity contribution in [3.05, 3.63) is 22.8 Å². The van der Waals surface area contributed by atoms with Crippen molar-refractivity contribution in [2.75, 3.05) is 18.8 Å². The summed E-state index contributed by atoms with van der Waals surface area (Å²) in [6.07, 6.45) is 2.54. The Bertz CT molecular complexity index is 404. The Morgan fingerprint density at radius 2 is 2.24 bits per heavy atom. The van der Waals surface area contributed by atoms with Crippen LogP contribution in [0.3, 0.4) is 0 Å². The Labute approximate surface area is 108 Å². The Kier molecular flexibility index (Phi) is 3.59. The molecule has 0 atom stereocenters. The minimum absolute atomic E-state index is 0.394. The monoisotopic (exact) mass is 253 g/mol. The molecule has 3 nitrogen and oxygen atoms in total. The predicted molar refractivity (Wildman–Crippen MR) is 72.0 cm³/mol. The van der Waals surface area contributed by atoms with E-state index < -0.39 is 0 Å². The standard InChI is InChI=1S/C13H20ClN3/c1-13(2)6-3-7-17(9-13)8-11-10(14)4-5-12(15)16-11/h4-5H,3,6-9H2,1-2H3,(H2,15,16). The number of halogens is 1. The van der Waals surface area contributed by atoms with E-state index in [-0.39, 0.29) is 0 Å². The number of nitrogens with zero attached hydrogens (tertiary/aromatic N) is 2. The summed E-state index contributed by atoms with van der Waals surface area (Å²) in [5, 5.41) is 0.711. The molecular formula is C13H20ClN3. The lowest BCUT2D eigenvalue weighted by atomic mass is 9.84. The van der Waals surface area contributed by atoms with E-state index in [1.807, 2.05) is 6.07 Å². The minimum atomic E-state index is 0.394. The molecular weight excluding hydrogens is 234 g/mol. The second kappa shape index (κ2) is 4.83. The summed E-state index contributed by atoms with van der Waals surface area (Å²) in [6, 6.07) is 3.57. The average molecular weight is 254 g/mol. The molecule has 1 aliphatic heterocycles. The van der Waals surface area contributed by atoms with Crippen LogP contribution in [0.25, 0.3) is 0 Å². The molecule has 2 heterocycles. The molecule has 0 spiro atoms. The van der Waals surface area contributed by atoms with E-state index in [2.05, 4.69) is 23.7 Å². The molecule has 0 bridgehead atoms. The van der Waals surface area contributed by atoms with E-state index in [0.29, 0.717) is 16.3 Å². The van der Waals surface area contributed by atoms with Crippen LogP contribution in [0.1, 0.15) is 32.4 Å². The van der Waals surface area contributed by atoms with E-state index >= 15 is 0 Å². The van der Waals surface area contributed by atoms with E-state index in [0.717, 1.165) is 25.3 Å². The molecule has 0 saturated carbocycles. The van der Waals surface area contributed by atoms with Crippen LogP contribution in [-0.2, 0) is 6.54 Å². The number of hydrogen-bond acceptors (Lipinski definition) is 3. The summed E-state index contributed by atoms with van der Waals surface area (Å²) in [5.41, 5.74) is 6.98. The molecule has 1 aromatic rings. The van der Waals surface area contributed by atoms with Crippen molar-refractivity contribution in [2.24, 2.45) is 5.41 Å². The maximum atomic E-state index is 6.14. The summed E-state index contributed by atoms with van der Waals surface area (Å²) >= 11 is 6.14. The number of rotatable bonds is 2. The Morgan fingerprint density at radius 1 is 1.47 bits per heavy atom. The molecule has 0 unspecified atom stereocenters. The van der Waals surface area contributed by atoms with Crippen LogP contribution in [0.2, 0.25) is 5.02 Å². The number of nitrogens with two attached hydrogens (primary N) is 1. The van der Waals surface area contributed by atoms with Gasteiger partial charge in [-0.05, 0) is 36.9 Å². The van der Waals surface area contributed by atoms with Crippen molar-refractivity contribution < 1.29 is 0 Å². The topological polar surface area (TPSA) is 42.2 Å². The molecule has 94 valence electrons. The largest absolute Gasteiger partial charge is 0.384 e. The van der Waals surface area contributed by atoms with Crippen molar-refractivity contribution in [2.45, 2.75) is 33.2 Å². The molecule has 1 aromatic heterocycles.